The summed E-state index contributed by atoms with van der Waals surface area (Å²) in [5, 5.41) is 6.04. The van der Waals surface area contributed by atoms with Crippen LogP contribution in [0, 0.1) is 0 Å². The summed E-state index contributed by atoms with van der Waals surface area (Å²) in [5.41, 5.74) is 2.40. The van der Waals surface area contributed by atoms with Crippen molar-refractivity contribution in [2.75, 3.05) is 0 Å². The van der Waals surface area contributed by atoms with Crippen molar-refractivity contribution >= 4 is 115 Å². The first-order valence-electron chi connectivity index (χ1n) is 18.2. The van der Waals surface area contributed by atoms with E-state index in [0.717, 1.165) is 0 Å². The molecule has 13 rings (SSSR count). The quantitative estimate of drug-likeness (QED) is 0.0985. The predicted molar refractivity (Wildman–Crippen MR) is 205 cm³/mol. The number of H-pyrrole nitrogens is 4. The molecule has 16 heteroatoms. The first-order valence-corrected chi connectivity index (χ1v) is 18.2. The summed E-state index contributed by atoms with van der Waals surface area (Å²) in [4.78, 5) is 116. The Kier molecular flexibility index (Phi) is 5.65. The number of nitrogens with one attached hydrogen (secondary N) is 4. The minimum Gasteiger partial charge on any atom is -0.386 e. The molecule has 0 saturated heterocycles. The van der Waals surface area contributed by atoms with Crippen molar-refractivity contribution in [3.8, 4) is 0 Å². The Morgan fingerprint density at radius 3 is 0.633 bits per heavy atom. The Morgan fingerprint density at radius 2 is 0.433 bits per heavy atom. The molecule has 8 aromatic rings. The summed E-state index contributed by atoms with van der Waals surface area (Å²) in [5.74, 6) is -6.44. The number of hydrogen-bond donors (Lipinski definition) is 4. The van der Waals surface area contributed by atoms with Crippen LogP contribution in [0.1, 0.15) is 106 Å². The van der Waals surface area contributed by atoms with Gasteiger partial charge in [-0.15, -0.1) is 0 Å². The minimum atomic E-state index is -0.805. The van der Waals surface area contributed by atoms with Gasteiger partial charge in [0, 0.05) is 87.3 Å². The molecule has 0 spiro atoms. The number of esters is 8. The van der Waals surface area contributed by atoms with Crippen LogP contribution in [0.2, 0.25) is 0 Å². The maximum atomic E-state index is 12.8. The first-order chi connectivity index (χ1) is 28.9. The average Bonchev–Trinajstić information content (AvgIpc) is 4.10. The lowest BCUT2D eigenvalue weighted by atomic mass is 10.0. The zero-order valence-corrected chi connectivity index (χ0v) is 29.8. The largest absolute Gasteiger partial charge is 0.386 e. The van der Waals surface area contributed by atoms with Crippen molar-refractivity contribution < 1.29 is 57.3 Å². The fourth-order valence-electron chi connectivity index (χ4n) is 8.92. The van der Waals surface area contributed by atoms with Gasteiger partial charge in [-0.3, -0.25) is 0 Å². The number of cyclic esters (lactones) is 8. The van der Waals surface area contributed by atoms with Gasteiger partial charge in [0.15, 0.2) is 0 Å². The van der Waals surface area contributed by atoms with Crippen molar-refractivity contribution in [1.82, 2.24) is 19.9 Å². The van der Waals surface area contributed by atoms with E-state index >= 15 is 0 Å². The second kappa shape index (κ2) is 10.5. The summed E-state index contributed by atoms with van der Waals surface area (Å²) in [7, 11) is 0. The lowest BCUT2D eigenvalue weighted by molar-refractivity contribution is 0.0425. The second-order valence-electron chi connectivity index (χ2n) is 14.9. The number of ether oxygens (including phenoxy) is 4. The van der Waals surface area contributed by atoms with E-state index < -0.39 is 47.8 Å². The number of aromatic nitrogens is 4. The average molecular weight is 793 g/mol. The molecule has 0 unspecified atom stereocenters. The van der Waals surface area contributed by atoms with Crippen LogP contribution in [0.4, 0.5) is 0 Å². The zero-order chi connectivity index (χ0) is 40.6. The summed E-state index contributed by atoms with van der Waals surface area (Å²) in [6, 6.07) is 12.4. The van der Waals surface area contributed by atoms with E-state index in [-0.39, 0.29) is 44.5 Å². The summed E-state index contributed by atoms with van der Waals surface area (Å²) in [6.07, 6.45) is 7.01. The molecular formula is C44H16N4O12. The van der Waals surface area contributed by atoms with E-state index in [9.17, 15) is 38.4 Å². The number of carbonyl (C=O) groups excluding carboxylic acids is 8. The highest BCUT2D eigenvalue weighted by Crippen LogP contribution is 2.34. The van der Waals surface area contributed by atoms with E-state index in [1.54, 1.807) is 72.8 Å². The number of benzene rings is 4. The molecule has 0 amide bonds. The van der Waals surface area contributed by atoms with Gasteiger partial charge in [-0.1, -0.05) is 0 Å². The van der Waals surface area contributed by atoms with Crippen LogP contribution in [0.3, 0.4) is 0 Å². The van der Waals surface area contributed by atoms with E-state index in [1.165, 1.54) is 0 Å². The van der Waals surface area contributed by atoms with Crippen molar-refractivity contribution in [3.05, 3.63) is 137 Å². The molecule has 5 aliphatic heterocycles. The number of hydrogen-bond acceptors (Lipinski definition) is 12. The molecule has 0 aliphatic carbocycles. The third-order valence-corrected chi connectivity index (χ3v) is 11.7. The first kappa shape index (κ1) is 32.2. The van der Waals surface area contributed by atoms with Gasteiger partial charge in [-0.05, 0) is 72.8 Å². The number of carbonyl (C=O) groups is 8. The van der Waals surface area contributed by atoms with Gasteiger partial charge in [0.2, 0.25) is 0 Å². The molecule has 0 saturated carbocycles. The van der Waals surface area contributed by atoms with Crippen LogP contribution >= 0.6 is 0 Å². The summed E-state index contributed by atoms with van der Waals surface area (Å²) in [6.45, 7) is 0. The van der Waals surface area contributed by atoms with Gasteiger partial charge in [-0.25, -0.2) is 38.4 Å². The Labute approximate surface area is 329 Å². The molecule has 284 valence electrons. The standard InChI is InChI=1S/C44H16N4O12/c49-37-21-1-13-14(2-22(21)38(50)57-37)30-10-32-17-5-25-26(42(54)59-41(25)53)6-18(17)34(47-32)12-36-20-8-28-27(43(55)60-44(28)56)7-19(20)35(48-36)11-33-16-4-24-23(39(51)58-40(24)52)3-15(16)31(46-33)9-29(13)45-30/h1-12,45-48H. The second-order valence-corrected chi connectivity index (χ2v) is 14.9. The van der Waals surface area contributed by atoms with Crippen LogP contribution in [-0.2, 0) is 18.9 Å². The Morgan fingerprint density at radius 1 is 0.250 bits per heavy atom. The van der Waals surface area contributed by atoms with Crippen molar-refractivity contribution in [3.63, 3.8) is 0 Å². The van der Waals surface area contributed by atoms with E-state index in [4.69, 9.17) is 18.9 Å². The van der Waals surface area contributed by atoms with Crippen LogP contribution in [-0.4, -0.2) is 67.7 Å². The lowest BCUT2D eigenvalue weighted by Crippen LogP contribution is -2.11. The molecule has 0 fully saturated rings. The monoisotopic (exact) mass is 792 g/mol. The molecular weight excluding hydrogens is 776 g/mol. The van der Waals surface area contributed by atoms with E-state index in [2.05, 4.69) is 19.9 Å². The fraction of sp³-hybridized carbons (Fsp3) is 0. The minimum absolute atomic E-state index is 0.0650. The lowest BCUT2D eigenvalue weighted by Gasteiger charge is -1.97. The highest BCUT2D eigenvalue weighted by atomic mass is 16.6. The van der Waals surface area contributed by atoms with Crippen molar-refractivity contribution in [2.45, 2.75) is 0 Å². The third-order valence-electron chi connectivity index (χ3n) is 11.7. The smallest absolute Gasteiger partial charge is 0.346 e. The van der Waals surface area contributed by atoms with Gasteiger partial charge in [0.25, 0.3) is 0 Å². The molecule has 4 aromatic heterocycles. The normalized spacial score (nSPS) is 16.0. The highest BCUT2D eigenvalue weighted by Gasteiger charge is 2.35. The molecule has 0 radical (unpaired) electrons. The predicted octanol–water partition coefficient (Wildman–Crippen LogP) is 2.48. The number of rotatable bonds is 0. The molecule has 5 aliphatic rings. The van der Waals surface area contributed by atoms with Crippen molar-refractivity contribution in [2.24, 2.45) is 0 Å². The van der Waals surface area contributed by atoms with Gasteiger partial charge in [0.1, 0.15) is 0 Å². The molecule has 16 nitrogen and oxygen atoms in total. The number of aromatic amines is 4. The summed E-state index contributed by atoms with van der Waals surface area (Å²) < 4.78 is 19.8. The fourth-order valence-corrected chi connectivity index (χ4v) is 8.92. The molecule has 4 N–H and O–H groups in total. The molecule has 9 heterocycles. The SMILES string of the molecule is O=C1OC(=O)c2cc3c4[nH]c(c3cc21)C=c1[nH]c(c2cc3c(cc12)C(=O)OC3=O)=Cc1[nH]c(c2cc3c(cc12)C(=O)OC3=O)C=c1[nH]c(c2cc3c(cc12)C(=O)OC3=O)=C4. The molecule has 0 atom stereocenters. The topological polar surface area (TPSA) is 237 Å². The van der Waals surface area contributed by atoms with Crippen LogP contribution in [0.15, 0.2) is 48.5 Å². The highest BCUT2D eigenvalue weighted by molar-refractivity contribution is 6.21. The zero-order valence-electron chi connectivity index (χ0n) is 29.8. The maximum absolute atomic E-state index is 12.8. The van der Waals surface area contributed by atoms with Crippen LogP contribution in [0.5, 0.6) is 0 Å². The van der Waals surface area contributed by atoms with E-state index in [0.29, 0.717) is 87.3 Å². The summed E-state index contributed by atoms with van der Waals surface area (Å²) >= 11 is 0. The van der Waals surface area contributed by atoms with Crippen LogP contribution < -0.4 is 21.4 Å². The molecule has 8 bridgehead atoms. The maximum Gasteiger partial charge on any atom is 0.346 e. The van der Waals surface area contributed by atoms with E-state index in [1.807, 2.05) is 0 Å². The van der Waals surface area contributed by atoms with Crippen LogP contribution in [0.25, 0.3) is 67.4 Å². The third kappa shape index (κ3) is 4.06. The molecule has 4 aromatic carbocycles. The Bertz CT molecular complexity index is 3450. The van der Waals surface area contributed by atoms with Gasteiger partial charge >= 0.3 is 47.8 Å². The van der Waals surface area contributed by atoms with Gasteiger partial charge in [-0.2, -0.15) is 0 Å². The van der Waals surface area contributed by atoms with Gasteiger partial charge in [0.05, 0.1) is 44.5 Å². The number of fused-ring (bicyclic) bond motifs is 24. The Hall–Kier alpha value is -8.92. The van der Waals surface area contributed by atoms with Crippen molar-refractivity contribution in [1.29, 1.82) is 0 Å². The molecule has 60 heavy (non-hydrogen) atoms. The Balaban J connectivity index is 1.22. The van der Waals surface area contributed by atoms with Gasteiger partial charge < -0.3 is 38.9 Å².